The lowest BCUT2D eigenvalue weighted by Crippen LogP contribution is -2.19. The Labute approximate surface area is 104 Å². The predicted molar refractivity (Wildman–Crippen MR) is 69.0 cm³/mol. The van der Waals surface area contributed by atoms with E-state index in [0.29, 0.717) is 6.54 Å². The maximum absolute atomic E-state index is 12.8. The molecule has 1 aromatic carbocycles. The van der Waals surface area contributed by atoms with Crippen LogP contribution in [-0.4, -0.2) is 9.78 Å². The zero-order chi connectivity index (χ0) is 13.1. The fourth-order valence-corrected chi connectivity index (χ4v) is 1.87. The Kier molecular flexibility index (Phi) is 3.50. The number of anilines is 1. The predicted octanol–water partition coefficient (Wildman–Crippen LogP) is 1.90. The highest BCUT2D eigenvalue weighted by Gasteiger charge is 2.10. The van der Waals surface area contributed by atoms with Gasteiger partial charge in [0.15, 0.2) is 0 Å². The Bertz CT molecular complexity index is 583. The summed E-state index contributed by atoms with van der Waals surface area (Å²) in [6.45, 7) is 2.39. The van der Waals surface area contributed by atoms with E-state index < -0.39 is 0 Å². The molecule has 18 heavy (non-hydrogen) atoms. The molecule has 2 aromatic rings. The number of nitrogens with one attached hydrogen (secondary N) is 1. The van der Waals surface area contributed by atoms with Crippen LogP contribution in [0.1, 0.15) is 24.6 Å². The van der Waals surface area contributed by atoms with Crippen LogP contribution in [0.25, 0.3) is 0 Å². The van der Waals surface area contributed by atoms with Gasteiger partial charge >= 0.3 is 0 Å². The summed E-state index contributed by atoms with van der Waals surface area (Å²) in [6.07, 6.45) is 1.66. The molecule has 5 heteroatoms. The molecule has 0 fully saturated rings. The molecule has 96 valence electrons. The number of benzene rings is 1. The highest BCUT2D eigenvalue weighted by Crippen LogP contribution is 2.08. The Morgan fingerprint density at radius 1 is 1.33 bits per heavy atom. The lowest BCUT2D eigenvalue weighted by atomic mass is 10.2. The van der Waals surface area contributed by atoms with Crippen molar-refractivity contribution in [1.82, 2.24) is 9.78 Å². The minimum absolute atomic E-state index is 0.220. The van der Waals surface area contributed by atoms with E-state index >= 15 is 0 Å². The highest BCUT2D eigenvalue weighted by atomic mass is 19.1. The van der Waals surface area contributed by atoms with E-state index in [0.717, 1.165) is 24.1 Å². The smallest absolute Gasteiger partial charge is 0.290 e. The van der Waals surface area contributed by atoms with Crippen LogP contribution >= 0.6 is 0 Å². The summed E-state index contributed by atoms with van der Waals surface area (Å²) in [5.74, 6) is -0.288. The number of rotatable bonds is 4. The van der Waals surface area contributed by atoms with E-state index in [4.69, 9.17) is 5.73 Å². The number of aryl methyl sites for hydroxylation is 1. The van der Waals surface area contributed by atoms with Crippen LogP contribution in [0.2, 0.25) is 0 Å². The Hall–Kier alpha value is -2.04. The van der Waals surface area contributed by atoms with Crippen LogP contribution in [-0.2, 0) is 13.0 Å². The summed E-state index contributed by atoms with van der Waals surface area (Å²) >= 11 is 0. The summed E-state index contributed by atoms with van der Waals surface area (Å²) < 4.78 is 14.2. The van der Waals surface area contributed by atoms with Crippen molar-refractivity contribution in [2.75, 3.05) is 5.73 Å². The molecule has 2 rings (SSSR count). The van der Waals surface area contributed by atoms with Crippen molar-refractivity contribution in [3.8, 4) is 0 Å². The third-order valence-electron chi connectivity index (χ3n) is 2.82. The maximum atomic E-state index is 12.8. The molecule has 0 aliphatic carbocycles. The number of hydrogen-bond acceptors (Lipinski definition) is 2. The van der Waals surface area contributed by atoms with Gasteiger partial charge in [0.2, 0.25) is 0 Å². The first-order valence-electron chi connectivity index (χ1n) is 5.93. The number of H-pyrrole nitrogens is 1. The zero-order valence-electron chi connectivity index (χ0n) is 10.2. The summed E-state index contributed by atoms with van der Waals surface area (Å²) in [7, 11) is 0. The summed E-state index contributed by atoms with van der Waals surface area (Å²) in [5.41, 5.74) is 7.42. The minimum Gasteiger partial charge on any atom is -0.393 e. The standard InChI is InChI=1S/C13H16FN3O/c1-2-3-11-12(15)13(18)17(16-11)8-9-4-6-10(14)7-5-9/h4-7,16H,2-3,8,15H2,1H3. The number of hydrogen-bond donors (Lipinski definition) is 2. The molecule has 0 aliphatic rings. The lowest BCUT2D eigenvalue weighted by Gasteiger charge is -2.02. The Balaban J connectivity index is 2.26. The van der Waals surface area contributed by atoms with E-state index in [1.54, 1.807) is 12.1 Å². The van der Waals surface area contributed by atoms with Crippen LogP contribution in [0, 0.1) is 5.82 Å². The van der Waals surface area contributed by atoms with Crippen molar-refractivity contribution in [1.29, 1.82) is 0 Å². The van der Waals surface area contributed by atoms with Gasteiger partial charge in [-0.25, -0.2) is 9.07 Å². The molecule has 3 N–H and O–H groups in total. The van der Waals surface area contributed by atoms with Gasteiger partial charge in [-0.2, -0.15) is 0 Å². The van der Waals surface area contributed by atoms with Gasteiger partial charge in [0, 0.05) is 0 Å². The van der Waals surface area contributed by atoms with Gasteiger partial charge in [-0.05, 0) is 24.1 Å². The largest absolute Gasteiger partial charge is 0.393 e. The SMILES string of the molecule is CCCc1[nH]n(Cc2ccc(F)cc2)c(=O)c1N. The lowest BCUT2D eigenvalue weighted by molar-refractivity contribution is 0.621. The zero-order valence-corrected chi connectivity index (χ0v) is 10.2. The van der Waals surface area contributed by atoms with Crippen LogP contribution < -0.4 is 11.3 Å². The van der Waals surface area contributed by atoms with Gasteiger partial charge in [0.05, 0.1) is 12.2 Å². The summed E-state index contributed by atoms with van der Waals surface area (Å²) in [4.78, 5) is 11.9. The van der Waals surface area contributed by atoms with Crippen LogP contribution in [0.4, 0.5) is 10.1 Å². The fourth-order valence-electron chi connectivity index (χ4n) is 1.87. The number of nitrogen functional groups attached to an aromatic ring is 1. The van der Waals surface area contributed by atoms with E-state index in [9.17, 15) is 9.18 Å². The van der Waals surface area contributed by atoms with Gasteiger partial charge < -0.3 is 5.73 Å². The third kappa shape index (κ3) is 2.45. The second-order valence-electron chi connectivity index (χ2n) is 4.27. The third-order valence-corrected chi connectivity index (χ3v) is 2.82. The van der Waals surface area contributed by atoms with Crippen LogP contribution in [0.5, 0.6) is 0 Å². The van der Waals surface area contributed by atoms with Gasteiger partial charge in [-0.1, -0.05) is 25.5 Å². The van der Waals surface area contributed by atoms with Crippen molar-refractivity contribution in [3.63, 3.8) is 0 Å². The average Bonchev–Trinajstić information content (AvgIpc) is 2.61. The fraction of sp³-hybridized carbons (Fsp3) is 0.308. The van der Waals surface area contributed by atoms with Crippen LogP contribution in [0.15, 0.2) is 29.1 Å². The second kappa shape index (κ2) is 5.08. The van der Waals surface area contributed by atoms with Gasteiger partial charge in [0.1, 0.15) is 11.5 Å². The molecule has 0 saturated heterocycles. The van der Waals surface area contributed by atoms with E-state index in [-0.39, 0.29) is 17.1 Å². The van der Waals surface area contributed by atoms with Gasteiger partial charge in [-0.15, -0.1) is 0 Å². The molecule has 1 aromatic heterocycles. The van der Waals surface area contributed by atoms with Crippen LogP contribution in [0.3, 0.4) is 0 Å². The monoisotopic (exact) mass is 249 g/mol. The Morgan fingerprint density at radius 3 is 2.61 bits per heavy atom. The van der Waals surface area contributed by atoms with Crippen molar-refractivity contribution in [3.05, 3.63) is 51.7 Å². The normalized spacial score (nSPS) is 10.8. The molecule has 0 bridgehead atoms. The first-order valence-corrected chi connectivity index (χ1v) is 5.93. The summed E-state index contributed by atoms with van der Waals surface area (Å²) in [5, 5.41) is 3.00. The van der Waals surface area contributed by atoms with Gasteiger partial charge in [0.25, 0.3) is 5.56 Å². The molecule has 0 saturated carbocycles. The molecule has 0 amide bonds. The van der Waals surface area contributed by atoms with E-state index in [1.165, 1.54) is 16.8 Å². The molecule has 1 heterocycles. The van der Waals surface area contributed by atoms with Crippen molar-refractivity contribution >= 4 is 5.69 Å². The molecular weight excluding hydrogens is 233 g/mol. The quantitative estimate of drug-likeness (QED) is 0.869. The average molecular weight is 249 g/mol. The molecule has 0 spiro atoms. The number of aromatic nitrogens is 2. The second-order valence-corrected chi connectivity index (χ2v) is 4.27. The first-order chi connectivity index (χ1) is 8.61. The summed E-state index contributed by atoms with van der Waals surface area (Å²) in [6, 6.07) is 6.05. The minimum atomic E-state index is -0.288. The molecule has 4 nitrogen and oxygen atoms in total. The van der Waals surface area contributed by atoms with Gasteiger partial charge in [-0.3, -0.25) is 9.89 Å². The van der Waals surface area contributed by atoms with E-state index in [1.807, 2.05) is 6.92 Å². The molecule has 0 radical (unpaired) electrons. The molecule has 0 unspecified atom stereocenters. The van der Waals surface area contributed by atoms with Crippen molar-refractivity contribution in [2.45, 2.75) is 26.3 Å². The maximum Gasteiger partial charge on any atom is 0.290 e. The van der Waals surface area contributed by atoms with Crippen molar-refractivity contribution < 1.29 is 4.39 Å². The van der Waals surface area contributed by atoms with Crippen molar-refractivity contribution in [2.24, 2.45) is 0 Å². The molecular formula is C13H16FN3O. The Morgan fingerprint density at radius 2 is 2.00 bits per heavy atom. The number of aromatic amines is 1. The topological polar surface area (TPSA) is 63.8 Å². The first kappa shape index (κ1) is 12.4. The highest BCUT2D eigenvalue weighted by molar-refractivity contribution is 5.40. The molecule has 0 atom stereocenters. The number of nitrogens with zero attached hydrogens (tertiary/aromatic N) is 1. The molecule has 0 aliphatic heterocycles. The van der Waals surface area contributed by atoms with E-state index in [2.05, 4.69) is 5.10 Å². The number of halogens is 1. The number of nitrogens with two attached hydrogens (primary N) is 1.